The van der Waals surface area contributed by atoms with Crippen LogP contribution in [0.5, 0.6) is 0 Å². The lowest BCUT2D eigenvalue weighted by Crippen LogP contribution is -2.42. The fourth-order valence-electron chi connectivity index (χ4n) is 5.00. The Kier molecular flexibility index (Phi) is 5.82. The van der Waals surface area contributed by atoms with Crippen molar-refractivity contribution in [3.8, 4) is 0 Å². The van der Waals surface area contributed by atoms with E-state index < -0.39 is 0 Å². The maximum atomic E-state index is 13.3. The fraction of sp³-hybridized carbons (Fsp3) is 0.565. The topological polar surface area (TPSA) is 88.9 Å². The summed E-state index contributed by atoms with van der Waals surface area (Å²) in [7, 11) is 0. The number of aromatic nitrogens is 5. The molecular weight excluding hydrogens is 392 g/mol. The van der Waals surface area contributed by atoms with Gasteiger partial charge in [-0.3, -0.25) is 9.69 Å². The summed E-state index contributed by atoms with van der Waals surface area (Å²) in [6.07, 6.45) is 6.79. The number of hydrogen-bond donors (Lipinski definition) is 1. The molecule has 3 aromatic rings. The van der Waals surface area contributed by atoms with E-state index in [0.717, 1.165) is 49.1 Å². The van der Waals surface area contributed by atoms with E-state index in [1.807, 2.05) is 16.8 Å². The van der Waals surface area contributed by atoms with Crippen molar-refractivity contribution >= 4 is 10.9 Å². The number of aryl methyl sites for hydroxylation is 1. The van der Waals surface area contributed by atoms with Gasteiger partial charge in [0.2, 0.25) is 0 Å². The number of hydrogen-bond acceptors (Lipinski definition) is 6. The molecular formula is C23H30N6O2. The molecule has 0 spiro atoms. The third-order valence-corrected chi connectivity index (χ3v) is 6.73. The molecule has 0 unspecified atom stereocenters. The molecule has 2 fully saturated rings. The summed E-state index contributed by atoms with van der Waals surface area (Å²) < 4.78 is 7.59. The van der Waals surface area contributed by atoms with Crippen LogP contribution in [0, 0.1) is 0 Å². The summed E-state index contributed by atoms with van der Waals surface area (Å²) >= 11 is 0. The standard InChI is InChI=1S/C23H30N6O2/c1-2-16-8-9-20-17(14-16)15-19(23(30)24-20)21(28-10-12-31-13-11-28)22-25-26-27-29(22)18-6-4-3-5-7-18/h8-9,14-15,18,21H,2-7,10-13H2,1H3,(H,24,30)/t21-/m1/s1. The van der Waals surface area contributed by atoms with Gasteiger partial charge in [-0.05, 0) is 58.8 Å². The van der Waals surface area contributed by atoms with Crippen LogP contribution in [-0.2, 0) is 11.2 Å². The summed E-state index contributed by atoms with van der Waals surface area (Å²) in [5.74, 6) is 0.769. The van der Waals surface area contributed by atoms with Crippen LogP contribution >= 0.6 is 0 Å². The summed E-state index contributed by atoms with van der Waals surface area (Å²) in [5.41, 5.74) is 2.74. The normalized spacial score (nSPS) is 19.6. The molecule has 1 aromatic carbocycles. The maximum Gasteiger partial charge on any atom is 0.253 e. The van der Waals surface area contributed by atoms with Crippen molar-refractivity contribution in [1.82, 2.24) is 30.1 Å². The number of benzene rings is 1. The number of fused-ring (bicyclic) bond motifs is 1. The van der Waals surface area contributed by atoms with E-state index in [1.54, 1.807) is 0 Å². The van der Waals surface area contributed by atoms with Crippen LogP contribution in [0.1, 0.15) is 68.1 Å². The molecule has 0 amide bonds. The molecule has 0 radical (unpaired) electrons. The largest absolute Gasteiger partial charge is 0.379 e. The lowest BCUT2D eigenvalue weighted by Gasteiger charge is -2.34. The Balaban J connectivity index is 1.63. The molecule has 8 heteroatoms. The van der Waals surface area contributed by atoms with Crippen molar-refractivity contribution < 1.29 is 4.74 Å². The molecule has 1 aliphatic heterocycles. The van der Waals surface area contributed by atoms with Gasteiger partial charge in [-0.25, -0.2) is 4.68 Å². The Morgan fingerprint density at radius 3 is 2.74 bits per heavy atom. The highest BCUT2D eigenvalue weighted by atomic mass is 16.5. The molecule has 1 N–H and O–H groups in total. The Hall–Kier alpha value is -2.58. The highest BCUT2D eigenvalue weighted by molar-refractivity contribution is 5.80. The number of aromatic amines is 1. The summed E-state index contributed by atoms with van der Waals surface area (Å²) in [6.45, 7) is 4.92. The summed E-state index contributed by atoms with van der Waals surface area (Å²) in [4.78, 5) is 18.6. The number of H-pyrrole nitrogens is 1. The number of nitrogens with one attached hydrogen (secondary N) is 1. The number of morpholine rings is 1. The first-order chi connectivity index (χ1) is 15.2. The average molecular weight is 423 g/mol. The van der Waals surface area contributed by atoms with E-state index in [2.05, 4.69) is 44.5 Å². The maximum absolute atomic E-state index is 13.3. The molecule has 3 heterocycles. The van der Waals surface area contributed by atoms with Gasteiger partial charge in [-0.15, -0.1) is 5.10 Å². The van der Waals surface area contributed by atoms with Crippen LogP contribution in [0.4, 0.5) is 0 Å². The lowest BCUT2D eigenvalue weighted by atomic mass is 9.95. The predicted molar refractivity (Wildman–Crippen MR) is 118 cm³/mol. The molecule has 164 valence electrons. The highest BCUT2D eigenvalue weighted by Crippen LogP contribution is 2.33. The van der Waals surface area contributed by atoms with Gasteiger partial charge in [-0.2, -0.15) is 0 Å². The monoisotopic (exact) mass is 422 g/mol. The first kappa shape index (κ1) is 20.3. The molecule has 2 aromatic heterocycles. The van der Waals surface area contributed by atoms with Crippen molar-refractivity contribution in [2.45, 2.75) is 57.5 Å². The van der Waals surface area contributed by atoms with Crippen LogP contribution in [0.25, 0.3) is 10.9 Å². The van der Waals surface area contributed by atoms with E-state index in [4.69, 9.17) is 4.74 Å². The molecule has 5 rings (SSSR count). The SMILES string of the molecule is CCc1ccc2[nH]c(=O)c([C@H](c3nnnn3C3CCCCC3)N3CCOCC3)cc2c1. The quantitative estimate of drug-likeness (QED) is 0.680. The minimum Gasteiger partial charge on any atom is -0.379 e. The second-order valence-corrected chi connectivity index (χ2v) is 8.65. The van der Waals surface area contributed by atoms with Crippen LogP contribution < -0.4 is 5.56 Å². The van der Waals surface area contributed by atoms with E-state index in [-0.39, 0.29) is 11.6 Å². The van der Waals surface area contributed by atoms with E-state index in [1.165, 1.54) is 24.8 Å². The Morgan fingerprint density at radius 1 is 1.16 bits per heavy atom. The molecule has 31 heavy (non-hydrogen) atoms. The minimum atomic E-state index is -0.292. The van der Waals surface area contributed by atoms with Gasteiger partial charge in [0.15, 0.2) is 5.82 Å². The van der Waals surface area contributed by atoms with Crippen molar-refractivity contribution in [2.24, 2.45) is 0 Å². The molecule has 2 aliphatic rings. The van der Waals surface area contributed by atoms with Gasteiger partial charge in [0, 0.05) is 24.2 Å². The van der Waals surface area contributed by atoms with Gasteiger partial charge < -0.3 is 9.72 Å². The fourth-order valence-corrected chi connectivity index (χ4v) is 5.00. The molecule has 1 atom stereocenters. The Bertz CT molecular complexity index is 1090. The van der Waals surface area contributed by atoms with E-state index >= 15 is 0 Å². The van der Waals surface area contributed by atoms with Gasteiger partial charge in [-0.1, -0.05) is 32.3 Å². The van der Waals surface area contributed by atoms with E-state index in [9.17, 15) is 4.79 Å². The van der Waals surface area contributed by atoms with Gasteiger partial charge >= 0.3 is 0 Å². The number of ether oxygens (including phenoxy) is 1. The number of nitrogens with zero attached hydrogens (tertiary/aromatic N) is 5. The van der Waals surface area contributed by atoms with E-state index in [0.29, 0.717) is 24.8 Å². The van der Waals surface area contributed by atoms with Crippen molar-refractivity contribution in [1.29, 1.82) is 0 Å². The molecule has 0 bridgehead atoms. The lowest BCUT2D eigenvalue weighted by molar-refractivity contribution is 0.0209. The zero-order valence-corrected chi connectivity index (χ0v) is 18.1. The van der Waals surface area contributed by atoms with Crippen LogP contribution in [0.15, 0.2) is 29.1 Å². The number of pyridine rings is 1. The van der Waals surface area contributed by atoms with Gasteiger partial charge in [0.25, 0.3) is 5.56 Å². The second kappa shape index (κ2) is 8.88. The van der Waals surface area contributed by atoms with Crippen LogP contribution in [0.3, 0.4) is 0 Å². The number of tetrazole rings is 1. The van der Waals surface area contributed by atoms with Gasteiger partial charge in [0.05, 0.1) is 19.3 Å². The van der Waals surface area contributed by atoms with Crippen molar-refractivity contribution in [3.05, 3.63) is 51.6 Å². The number of rotatable bonds is 5. The highest BCUT2D eigenvalue weighted by Gasteiger charge is 2.33. The third kappa shape index (κ3) is 4.02. The Labute approximate surface area is 181 Å². The van der Waals surface area contributed by atoms with Crippen molar-refractivity contribution in [3.63, 3.8) is 0 Å². The minimum absolute atomic E-state index is 0.0774. The molecule has 8 nitrogen and oxygen atoms in total. The molecule has 1 saturated carbocycles. The van der Waals surface area contributed by atoms with Crippen LogP contribution in [0.2, 0.25) is 0 Å². The predicted octanol–water partition coefficient (Wildman–Crippen LogP) is 3.00. The second-order valence-electron chi connectivity index (χ2n) is 8.65. The zero-order chi connectivity index (χ0) is 21.2. The van der Waals surface area contributed by atoms with Crippen LogP contribution in [-0.4, -0.2) is 56.4 Å². The first-order valence-electron chi connectivity index (χ1n) is 11.5. The molecule has 1 saturated heterocycles. The first-order valence-corrected chi connectivity index (χ1v) is 11.5. The summed E-state index contributed by atoms with van der Waals surface area (Å²) in [5, 5.41) is 13.9. The van der Waals surface area contributed by atoms with Crippen molar-refractivity contribution in [2.75, 3.05) is 26.3 Å². The Morgan fingerprint density at radius 2 is 1.97 bits per heavy atom. The zero-order valence-electron chi connectivity index (χ0n) is 18.1. The third-order valence-electron chi connectivity index (χ3n) is 6.73. The van der Waals surface area contributed by atoms with Gasteiger partial charge in [0.1, 0.15) is 6.04 Å². The summed E-state index contributed by atoms with van der Waals surface area (Å²) in [6, 6.07) is 8.27. The molecule has 1 aliphatic carbocycles. The average Bonchev–Trinajstić information content (AvgIpc) is 3.30. The smallest absolute Gasteiger partial charge is 0.253 e.